The van der Waals surface area contributed by atoms with Gasteiger partial charge in [-0.25, -0.2) is 19.7 Å². The number of rotatable bonds is 3. The lowest BCUT2D eigenvalue weighted by Crippen LogP contribution is -2.21. The van der Waals surface area contributed by atoms with Crippen molar-refractivity contribution < 1.29 is 9.21 Å². The maximum Gasteiger partial charge on any atom is 0.349 e. The number of benzene rings is 1. The highest BCUT2D eigenvalue weighted by Gasteiger charge is 2.15. The van der Waals surface area contributed by atoms with Gasteiger partial charge in [-0.2, -0.15) is 0 Å². The first-order chi connectivity index (χ1) is 12.6. The third-order valence-corrected chi connectivity index (χ3v) is 4.10. The number of halogens is 1. The van der Waals surface area contributed by atoms with E-state index in [1.165, 1.54) is 12.4 Å². The standard InChI is InChI=1S/C17H10BrN5O3/c18-11-1-2-13-10(5-11)6-12(17(25)26-13)16(24)22-14-7-15(21-8-20-14)23-4-3-19-9-23/h1-9H,(H,20,21,22,24). The first-order valence-corrected chi connectivity index (χ1v) is 8.24. The molecule has 0 aliphatic rings. The second-order valence-electron chi connectivity index (χ2n) is 5.32. The zero-order valence-corrected chi connectivity index (χ0v) is 14.7. The highest BCUT2D eigenvalue weighted by Crippen LogP contribution is 2.19. The van der Waals surface area contributed by atoms with Crippen molar-refractivity contribution in [3.63, 3.8) is 0 Å². The minimum Gasteiger partial charge on any atom is -0.422 e. The van der Waals surface area contributed by atoms with Crippen LogP contribution in [0.4, 0.5) is 5.82 Å². The summed E-state index contributed by atoms with van der Waals surface area (Å²) in [6, 6.07) is 8.23. The van der Waals surface area contributed by atoms with Gasteiger partial charge in [0.1, 0.15) is 35.4 Å². The molecule has 3 heterocycles. The number of hydrogen-bond donors (Lipinski definition) is 1. The Morgan fingerprint density at radius 3 is 2.88 bits per heavy atom. The lowest BCUT2D eigenvalue weighted by molar-refractivity contribution is 0.102. The molecule has 0 bridgehead atoms. The van der Waals surface area contributed by atoms with Gasteiger partial charge in [0.05, 0.1) is 0 Å². The van der Waals surface area contributed by atoms with Gasteiger partial charge in [-0.05, 0) is 24.3 Å². The van der Waals surface area contributed by atoms with Crippen molar-refractivity contribution in [3.8, 4) is 5.82 Å². The molecule has 1 N–H and O–H groups in total. The number of carbonyl (C=O) groups is 1. The fraction of sp³-hybridized carbons (Fsp3) is 0. The number of imidazole rings is 1. The summed E-state index contributed by atoms with van der Waals surface area (Å²) < 4.78 is 7.68. The number of nitrogens with zero attached hydrogens (tertiary/aromatic N) is 4. The molecule has 0 unspecified atom stereocenters. The molecule has 0 aliphatic carbocycles. The van der Waals surface area contributed by atoms with Gasteiger partial charge < -0.3 is 9.73 Å². The molecule has 128 valence electrons. The topological polar surface area (TPSA) is 103 Å². The number of anilines is 1. The van der Waals surface area contributed by atoms with Crippen LogP contribution in [-0.4, -0.2) is 25.4 Å². The summed E-state index contributed by atoms with van der Waals surface area (Å²) in [5.41, 5.74) is -0.432. The third kappa shape index (κ3) is 3.11. The molecule has 26 heavy (non-hydrogen) atoms. The lowest BCUT2D eigenvalue weighted by atomic mass is 10.2. The number of carbonyl (C=O) groups excluding carboxylic acids is 1. The van der Waals surface area contributed by atoms with Gasteiger partial charge in [-0.3, -0.25) is 9.36 Å². The molecule has 9 heteroatoms. The molecule has 3 aromatic heterocycles. The molecule has 0 radical (unpaired) electrons. The molecule has 0 spiro atoms. The Hall–Kier alpha value is -3.33. The van der Waals surface area contributed by atoms with Crippen LogP contribution in [0.25, 0.3) is 16.8 Å². The van der Waals surface area contributed by atoms with E-state index < -0.39 is 11.5 Å². The van der Waals surface area contributed by atoms with Crippen LogP contribution in [0.5, 0.6) is 0 Å². The molecule has 1 aromatic carbocycles. The predicted octanol–water partition coefficient (Wildman–Crippen LogP) is 2.78. The highest BCUT2D eigenvalue weighted by molar-refractivity contribution is 9.10. The van der Waals surface area contributed by atoms with E-state index in [0.29, 0.717) is 16.8 Å². The van der Waals surface area contributed by atoms with Crippen LogP contribution in [0, 0.1) is 0 Å². The van der Waals surface area contributed by atoms with Crippen molar-refractivity contribution in [2.75, 3.05) is 5.32 Å². The molecular formula is C17H10BrN5O3. The third-order valence-electron chi connectivity index (χ3n) is 3.60. The molecule has 0 saturated carbocycles. The highest BCUT2D eigenvalue weighted by atomic mass is 79.9. The Morgan fingerprint density at radius 2 is 2.08 bits per heavy atom. The van der Waals surface area contributed by atoms with Crippen molar-refractivity contribution in [1.82, 2.24) is 19.5 Å². The van der Waals surface area contributed by atoms with Crippen LogP contribution in [0.15, 0.2) is 69.1 Å². The van der Waals surface area contributed by atoms with E-state index in [1.54, 1.807) is 47.6 Å². The van der Waals surface area contributed by atoms with Crippen LogP contribution in [0.3, 0.4) is 0 Å². The largest absolute Gasteiger partial charge is 0.422 e. The van der Waals surface area contributed by atoms with E-state index in [9.17, 15) is 9.59 Å². The van der Waals surface area contributed by atoms with Crippen LogP contribution in [0.2, 0.25) is 0 Å². The average Bonchev–Trinajstić information content (AvgIpc) is 3.16. The molecule has 4 aromatic rings. The summed E-state index contributed by atoms with van der Waals surface area (Å²) in [5, 5.41) is 3.22. The maximum atomic E-state index is 12.5. The van der Waals surface area contributed by atoms with Gasteiger partial charge in [-0.15, -0.1) is 0 Å². The first kappa shape index (κ1) is 16.2. The first-order valence-electron chi connectivity index (χ1n) is 7.45. The molecule has 0 atom stereocenters. The molecule has 4 rings (SSSR count). The van der Waals surface area contributed by atoms with Crippen molar-refractivity contribution in [1.29, 1.82) is 0 Å². The Kier molecular flexibility index (Phi) is 4.05. The van der Waals surface area contributed by atoms with Crippen LogP contribution in [-0.2, 0) is 0 Å². The normalized spacial score (nSPS) is 10.8. The Morgan fingerprint density at radius 1 is 1.19 bits per heavy atom. The van der Waals surface area contributed by atoms with Gasteiger partial charge in [-0.1, -0.05) is 15.9 Å². The molecule has 0 fully saturated rings. The van der Waals surface area contributed by atoms with Crippen LogP contribution >= 0.6 is 15.9 Å². The molecule has 1 amide bonds. The van der Waals surface area contributed by atoms with Crippen LogP contribution < -0.4 is 10.9 Å². The SMILES string of the molecule is O=C(Nc1cc(-n2ccnc2)ncn1)c1cc2cc(Br)ccc2oc1=O. The van der Waals surface area contributed by atoms with Crippen molar-refractivity contribution in [3.05, 3.63) is 75.8 Å². The van der Waals surface area contributed by atoms with Crippen molar-refractivity contribution in [2.24, 2.45) is 0 Å². The fourth-order valence-electron chi connectivity index (χ4n) is 2.39. The Balaban J connectivity index is 1.66. The number of hydrogen-bond acceptors (Lipinski definition) is 6. The minimum absolute atomic E-state index is 0.113. The number of aromatic nitrogens is 4. The number of fused-ring (bicyclic) bond motifs is 1. The van der Waals surface area contributed by atoms with Gasteiger partial charge in [0.25, 0.3) is 5.91 Å². The smallest absolute Gasteiger partial charge is 0.349 e. The van der Waals surface area contributed by atoms with Crippen molar-refractivity contribution in [2.45, 2.75) is 0 Å². The zero-order chi connectivity index (χ0) is 18.1. The zero-order valence-electron chi connectivity index (χ0n) is 13.1. The van der Waals surface area contributed by atoms with Gasteiger partial charge in [0.2, 0.25) is 0 Å². The molecule has 0 aliphatic heterocycles. The predicted molar refractivity (Wildman–Crippen MR) is 97.3 cm³/mol. The van der Waals surface area contributed by atoms with Crippen LogP contribution in [0.1, 0.15) is 10.4 Å². The second kappa shape index (κ2) is 6.52. The van der Waals surface area contributed by atoms with Gasteiger partial charge >= 0.3 is 5.63 Å². The molecule has 0 saturated heterocycles. The second-order valence-corrected chi connectivity index (χ2v) is 6.23. The number of nitrogens with one attached hydrogen (secondary N) is 1. The monoisotopic (exact) mass is 411 g/mol. The van der Waals surface area contributed by atoms with E-state index in [4.69, 9.17) is 4.42 Å². The van der Waals surface area contributed by atoms with E-state index in [2.05, 4.69) is 36.2 Å². The Labute approximate surface area is 154 Å². The summed E-state index contributed by atoms with van der Waals surface area (Å²) in [6.45, 7) is 0. The number of amides is 1. The van der Waals surface area contributed by atoms with Gasteiger partial charge in [0.15, 0.2) is 0 Å². The van der Waals surface area contributed by atoms with E-state index in [-0.39, 0.29) is 11.4 Å². The Bertz CT molecular complexity index is 1170. The fourth-order valence-corrected chi connectivity index (χ4v) is 2.77. The summed E-state index contributed by atoms with van der Waals surface area (Å²) in [4.78, 5) is 36.7. The van der Waals surface area contributed by atoms with E-state index >= 15 is 0 Å². The minimum atomic E-state index is -0.721. The average molecular weight is 412 g/mol. The maximum absolute atomic E-state index is 12.5. The summed E-state index contributed by atoms with van der Waals surface area (Å²) in [7, 11) is 0. The summed E-state index contributed by atoms with van der Waals surface area (Å²) in [6.07, 6.45) is 6.21. The summed E-state index contributed by atoms with van der Waals surface area (Å²) in [5.74, 6) is 0.167. The quantitative estimate of drug-likeness (QED) is 0.519. The molecular weight excluding hydrogens is 402 g/mol. The van der Waals surface area contributed by atoms with Crippen molar-refractivity contribution >= 4 is 38.6 Å². The van der Waals surface area contributed by atoms with E-state index in [0.717, 1.165) is 4.47 Å². The van der Waals surface area contributed by atoms with Gasteiger partial charge in [0, 0.05) is 28.3 Å². The van der Waals surface area contributed by atoms with E-state index in [1.807, 2.05) is 0 Å². The summed E-state index contributed by atoms with van der Waals surface area (Å²) >= 11 is 3.35. The lowest BCUT2D eigenvalue weighted by Gasteiger charge is -2.06. The molecule has 8 nitrogen and oxygen atoms in total.